The van der Waals surface area contributed by atoms with E-state index in [0.717, 1.165) is 37.7 Å². The summed E-state index contributed by atoms with van der Waals surface area (Å²) in [6.07, 6.45) is 18.4. The minimum absolute atomic E-state index is 0.0264. The van der Waals surface area contributed by atoms with Crippen molar-refractivity contribution >= 4 is 17.7 Å². The molecular formula is C30H52N4O3. The van der Waals surface area contributed by atoms with Crippen LogP contribution in [-0.2, 0) is 20.9 Å². The zero-order valence-corrected chi connectivity index (χ0v) is 23.7. The van der Waals surface area contributed by atoms with E-state index in [1.807, 2.05) is 12.1 Å². The van der Waals surface area contributed by atoms with Crippen LogP contribution in [0.5, 0.6) is 0 Å². The van der Waals surface area contributed by atoms with Crippen molar-refractivity contribution in [1.29, 1.82) is 0 Å². The predicted octanol–water partition coefficient (Wildman–Crippen LogP) is 5.83. The average Bonchev–Trinajstić information content (AvgIpc) is 2.88. The van der Waals surface area contributed by atoms with Crippen molar-refractivity contribution in [2.75, 3.05) is 6.54 Å². The lowest BCUT2D eigenvalue weighted by Crippen LogP contribution is -2.47. The van der Waals surface area contributed by atoms with Gasteiger partial charge in [-0.05, 0) is 49.3 Å². The molecule has 37 heavy (non-hydrogen) atoms. The number of rotatable bonds is 22. The number of pyridine rings is 1. The number of carbonyl (C=O) groups is 3. The normalized spacial score (nSPS) is 11.8. The number of nitrogens with one attached hydrogen (secondary N) is 3. The second kappa shape index (κ2) is 21.6. The molecule has 0 bridgehead atoms. The van der Waals surface area contributed by atoms with E-state index >= 15 is 0 Å². The van der Waals surface area contributed by atoms with Gasteiger partial charge in [0, 0.05) is 38.3 Å². The number of unbranched alkanes of at least 4 members (excludes halogenated alkanes) is 10. The maximum atomic E-state index is 12.7. The fourth-order valence-electron chi connectivity index (χ4n) is 4.28. The average molecular weight is 517 g/mol. The van der Waals surface area contributed by atoms with Gasteiger partial charge in [0.1, 0.15) is 6.04 Å². The number of aromatic nitrogens is 1. The first-order valence-electron chi connectivity index (χ1n) is 14.6. The molecule has 1 unspecified atom stereocenters. The Morgan fingerprint density at radius 2 is 1.32 bits per heavy atom. The highest BCUT2D eigenvalue weighted by Gasteiger charge is 2.21. The summed E-state index contributed by atoms with van der Waals surface area (Å²) in [6, 6.07) is 3.29. The van der Waals surface area contributed by atoms with Gasteiger partial charge >= 0.3 is 0 Å². The molecule has 1 aromatic rings. The smallest absolute Gasteiger partial charge is 0.242 e. The molecule has 7 heteroatoms. The van der Waals surface area contributed by atoms with Crippen molar-refractivity contribution in [1.82, 2.24) is 20.9 Å². The number of hydrogen-bond acceptors (Lipinski definition) is 4. The summed E-state index contributed by atoms with van der Waals surface area (Å²) in [5, 5.41) is 8.85. The van der Waals surface area contributed by atoms with Crippen LogP contribution < -0.4 is 16.0 Å². The molecular weight excluding hydrogens is 464 g/mol. The van der Waals surface area contributed by atoms with Crippen LogP contribution in [0.4, 0.5) is 0 Å². The third-order valence-electron chi connectivity index (χ3n) is 6.49. The first kappa shape index (κ1) is 32.6. The first-order valence-corrected chi connectivity index (χ1v) is 14.6. The summed E-state index contributed by atoms with van der Waals surface area (Å²) in [5.41, 5.74) is 1.03. The summed E-state index contributed by atoms with van der Waals surface area (Å²) < 4.78 is 0. The molecule has 0 saturated heterocycles. The van der Waals surface area contributed by atoms with Crippen molar-refractivity contribution in [3.8, 4) is 0 Å². The topological polar surface area (TPSA) is 100 Å². The Hall–Kier alpha value is -2.44. The van der Waals surface area contributed by atoms with Gasteiger partial charge in [-0.3, -0.25) is 19.4 Å². The van der Waals surface area contributed by atoms with Crippen molar-refractivity contribution in [3.05, 3.63) is 30.1 Å². The van der Waals surface area contributed by atoms with Crippen molar-refractivity contribution < 1.29 is 14.4 Å². The van der Waals surface area contributed by atoms with Crippen LogP contribution in [0.3, 0.4) is 0 Å². The molecule has 1 heterocycles. The van der Waals surface area contributed by atoms with Crippen LogP contribution in [-0.4, -0.2) is 35.3 Å². The molecule has 1 aromatic heterocycles. The molecule has 1 atom stereocenters. The number of amides is 3. The molecule has 0 saturated carbocycles. The van der Waals surface area contributed by atoms with E-state index in [1.165, 1.54) is 44.9 Å². The van der Waals surface area contributed by atoms with Crippen LogP contribution >= 0.6 is 0 Å². The van der Waals surface area contributed by atoms with E-state index in [-0.39, 0.29) is 17.7 Å². The Bertz CT molecular complexity index is 740. The van der Waals surface area contributed by atoms with Crippen molar-refractivity contribution in [3.63, 3.8) is 0 Å². The number of hydrogen-bond donors (Lipinski definition) is 3. The lowest BCUT2D eigenvalue weighted by atomic mass is 10.0. The molecule has 0 aromatic carbocycles. The Morgan fingerprint density at radius 1 is 0.757 bits per heavy atom. The predicted molar refractivity (Wildman–Crippen MR) is 151 cm³/mol. The van der Waals surface area contributed by atoms with Crippen LogP contribution in [0.25, 0.3) is 0 Å². The standard InChI is InChI=1S/C30H52N4O3/c1-4-5-6-7-8-9-10-11-13-17-29(36)34-27(23-25(2)3)30(37)32-20-15-12-14-16-28(35)33-24-26-18-21-31-22-19-26/h18-19,21-22,25,27H,4-17,20,23-24H2,1-3H3,(H,32,37)(H,33,35)(H,34,36). The molecule has 3 N–H and O–H groups in total. The Kier molecular flexibility index (Phi) is 19.0. The maximum Gasteiger partial charge on any atom is 0.242 e. The highest BCUT2D eigenvalue weighted by atomic mass is 16.2. The minimum atomic E-state index is -0.481. The largest absolute Gasteiger partial charge is 0.354 e. The minimum Gasteiger partial charge on any atom is -0.354 e. The number of nitrogens with zero attached hydrogens (tertiary/aromatic N) is 1. The van der Waals surface area contributed by atoms with Gasteiger partial charge < -0.3 is 16.0 Å². The van der Waals surface area contributed by atoms with Gasteiger partial charge in [0.15, 0.2) is 0 Å². The molecule has 1 rings (SSSR count). The quantitative estimate of drug-likeness (QED) is 0.169. The fraction of sp³-hybridized carbons (Fsp3) is 0.733. The molecule has 3 amide bonds. The van der Waals surface area contributed by atoms with Gasteiger partial charge in [-0.2, -0.15) is 0 Å². The monoisotopic (exact) mass is 516 g/mol. The van der Waals surface area contributed by atoms with Crippen molar-refractivity contribution in [2.45, 2.75) is 130 Å². The van der Waals surface area contributed by atoms with Gasteiger partial charge in [0.25, 0.3) is 0 Å². The number of carbonyl (C=O) groups excluding carboxylic acids is 3. The molecule has 7 nitrogen and oxygen atoms in total. The molecule has 0 radical (unpaired) electrons. The second-order valence-corrected chi connectivity index (χ2v) is 10.6. The van der Waals surface area contributed by atoms with Crippen LogP contribution in [0.2, 0.25) is 0 Å². The summed E-state index contributed by atoms with van der Waals surface area (Å²) in [6.45, 7) is 7.43. The molecule has 0 aliphatic rings. The lowest BCUT2D eigenvalue weighted by molar-refractivity contribution is -0.129. The third kappa shape index (κ3) is 18.5. The van der Waals surface area contributed by atoms with Gasteiger partial charge in [-0.25, -0.2) is 0 Å². The molecule has 0 aliphatic carbocycles. The van der Waals surface area contributed by atoms with E-state index < -0.39 is 6.04 Å². The summed E-state index contributed by atoms with van der Waals surface area (Å²) in [7, 11) is 0. The molecule has 0 aliphatic heterocycles. The lowest BCUT2D eigenvalue weighted by Gasteiger charge is -2.20. The van der Waals surface area contributed by atoms with E-state index in [2.05, 4.69) is 41.7 Å². The summed E-state index contributed by atoms with van der Waals surface area (Å²) in [5.74, 6) is 0.215. The van der Waals surface area contributed by atoms with Crippen molar-refractivity contribution in [2.24, 2.45) is 5.92 Å². The van der Waals surface area contributed by atoms with Crippen LogP contribution in [0.15, 0.2) is 24.5 Å². The van der Waals surface area contributed by atoms with E-state index in [9.17, 15) is 14.4 Å². The Labute approximate surface area is 225 Å². The Morgan fingerprint density at radius 3 is 1.95 bits per heavy atom. The molecule has 210 valence electrons. The first-order chi connectivity index (χ1) is 17.9. The molecule has 0 fully saturated rings. The highest BCUT2D eigenvalue weighted by Crippen LogP contribution is 2.11. The third-order valence-corrected chi connectivity index (χ3v) is 6.49. The summed E-state index contributed by atoms with van der Waals surface area (Å²) in [4.78, 5) is 41.1. The Balaban J connectivity index is 2.15. The van der Waals surface area contributed by atoms with Crippen LogP contribution in [0, 0.1) is 5.92 Å². The summed E-state index contributed by atoms with van der Waals surface area (Å²) >= 11 is 0. The maximum absolute atomic E-state index is 12.7. The van der Waals surface area contributed by atoms with Gasteiger partial charge in [-0.1, -0.05) is 78.6 Å². The van der Waals surface area contributed by atoms with Gasteiger partial charge in [0.05, 0.1) is 0 Å². The zero-order chi connectivity index (χ0) is 27.1. The van der Waals surface area contributed by atoms with Gasteiger partial charge in [0.2, 0.25) is 17.7 Å². The second-order valence-electron chi connectivity index (χ2n) is 10.6. The van der Waals surface area contributed by atoms with E-state index in [1.54, 1.807) is 12.4 Å². The van der Waals surface area contributed by atoms with Gasteiger partial charge in [-0.15, -0.1) is 0 Å². The zero-order valence-electron chi connectivity index (χ0n) is 23.7. The fourth-order valence-corrected chi connectivity index (χ4v) is 4.28. The van der Waals surface area contributed by atoms with Crippen LogP contribution in [0.1, 0.15) is 123 Å². The highest BCUT2D eigenvalue weighted by molar-refractivity contribution is 5.87. The van der Waals surface area contributed by atoms with E-state index in [0.29, 0.717) is 38.3 Å². The SMILES string of the molecule is CCCCCCCCCCCC(=O)NC(CC(C)C)C(=O)NCCCCCC(=O)NCc1ccncc1. The molecule has 0 spiro atoms. The van der Waals surface area contributed by atoms with E-state index in [4.69, 9.17) is 0 Å².